The quantitative estimate of drug-likeness (QED) is 0.910. The largest absolute Gasteiger partial charge is 0.382 e. The van der Waals surface area contributed by atoms with Gasteiger partial charge in [0.15, 0.2) is 0 Å². The molecule has 0 radical (unpaired) electrons. The van der Waals surface area contributed by atoms with Crippen LogP contribution in [0.25, 0.3) is 0 Å². The van der Waals surface area contributed by atoms with Crippen molar-refractivity contribution in [3.8, 4) is 0 Å². The van der Waals surface area contributed by atoms with Gasteiger partial charge < -0.3 is 10.6 Å². The highest BCUT2D eigenvalue weighted by atomic mass is 15.2. The molecule has 1 saturated heterocycles. The Morgan fingerprint density at radius 2 is 1.90 bits per heavy atom. The zero-order valence-corrected chi connectivity index (χ0v) is 11.6. The van der Waals surface area contributed by atoms with E-state index in [0.717, 1.165) is 25.3 Å². The molecule has 4 nitrogen and oxygen atoms in total. The van der Waals surface area contributed by atoms with Crippen molar-refractivity contribution in [2.24, 2.45) is 0 Å². The molecule has 1 aromatic carbocycles. The van der Waals surface area contributed by atoms with Crippen molar-refractivity contribution in [2.75, 3.05) is 23.7 Å². The molecule has 104 valence electrons. The second-order valence-electron chi connectivity index (χ2n) is 5.33. The lowest BCUT2D eigenvalue weighted by molar-refractivity contribution is 0.612. The zero-order chi connectivity index (χ0) is 13.8. The molecule has 2 heterocycles. The number of aromatic nitrogens is 2. The van der Waals surface area contributed by atoms with Gasteiger partial charge in [-0.1, -0.05) is 30.3 Å². The Labute approximate surface area is 119 Å². The van der Waals surface area contributed by atoms with Crippen molar-refractivity contribution in [3.05, 3.63) is 48.3 Å². The lowest BCUT2D eigenvalue weighted by Crippen LogP contribution is -2.25. The standard InChI is InChI=1S/C16H20N4/c17-15-11-18-12-16(19-15)20-9-4-7-14(8-10-20)13-5-2-1-3-6-13/h1-3,5-6,11-12,14H,4,7-10H2,(H2,17,19). The van der Waals surface area contributed by atoms with Crippen molar-refractivity contribution in [1.82, 2.24) is 9.97 Å². The van der Waals surface area contributed by atoms with Gasteiger partial charge in [0.25, 0.3) is 0 Å². The summed E-state index contributed by atoms with van der Waals surface area (Å²) in [7, 11) is 0. The van der Waals surface area contributed by atoms with Crippen molar-refractivity contribution in [2.45, 2.75) is 25.2 Å². The van der Waals surface area contributed by atoms with Gasteiger partial charge in [0.1, 0.15) is 11.6 Å². The number of nitrogens with zero attached hydrogens (tertiary/aromatic N) is 3. The first-order valence-electron chi connectivity index (χ1n) is 7.20. The monoisotopic (exact) mass is 268 g/mol. The van der Waals surface area contributed by atoms with E-state index < -0.39 is 0 Å². The molecule has 0 aliphatic carbocycles. The molecule has 1 aromatic heterocycles. The molecule has 1 aliphatic heterocycles. The van der Waals surface area contributed by atoms with Crippen molar-refractivity contribution >= 4 is 11.6 Å². The summed E-state index contributed by atoms with van der Waals surface area (Å²) in [5.74, 6) is 2.04. The van der Waals surface area contributed by atoms with Crippen LogP contribution in [0.2, 0.25) is 0 Å². The Kier molecular flexibility index (Phi) is 3.81. The molecular formula is C16H20N4. The fraction of sp³-hybridized carbons (Fsp3) is 0.375. The molecule has 1 aliphatic rings. The maximum Gasteiger partial charge on any atom is 0.149 e. The predicted octanol–water partition coefficient (Wildman–Crippen LogP) is 2.83. The molecule has 0 bridgehead atoms. The third kappa shape index (κ3) is 2.90. The second-order valence-corrected chi connectivity index (χ2v) is 5.33. The second kappa shape index (κ2) is 5.90. The van der Waals surface area contributed by atoms with E-state index in [1.807, 2.05) is 0 Å². The van der Waals surface area contributed by atoms with Gasteiger partial charge in [0, 0.05) is 13.1 Å². The van der Waals surface area contributed by atoms with Crippen LogP contribution in [0.1, 0.15) is 30.7 Å². The number of nitrogen functional groups attached to an aromatic ring is 1. The molecule has 20 heavy (non-hydrogen) atoms. The molecule has 1 atom stereocenters. The molecule has 0 amide bonds. The first kappa shape index (κ1) is 12.9. The molecule has 1 unspecified atom stereocenters. The van der Waals surface area contributed by atoms with Crippen LogP contribution < -0.4 is 10.6 Å². The first-order valence-corrected chi connectivity index (χ1v) is 7.20. The van der Waals surface area contributed by atoms with Crippen molar-refractivity contribution < 1.29 is 0 Å². The summed E-state index contributed by atoms with van der Waals surface area (Å²) in [5.41, 5.74) is 7.17. The van der Waals surface area contributed by atoms with Gasteiger partial charge in [-0.15, -0.1) is 0 Å². The van der Waals surface area contributed by atoms with Gasteiger partial charge in [0.05, 0.1) is 12.4 Å². The van der Waals surface area contributed by atoms with Gasteiger partial charge in [-0.2, -0.15) is 0 Å². The van der Waals surface area contributed by atoms with E-state index in [1.54, 1.807) is 12.4 Å². The summed E-state index contributed by atoms with van der Waals surface area (Å²) in [4.78, 5) is 10.8. The Hall–Kier alpha value is -2.10. The van der Waals surface area contributed by atoms with E-state index in [9.17, 15) is 0 Å². The topological polar surface area (TPSA) is 55.0 Å². The van der Waals surface area contributed by atoms with Crippen LogP contribution in [0.5, 0.6) is 0 Å². The maximum absolute atomic E-state index is 5.72. The number of hydrogen-bond acceptors (Lipinski definition) is 4. The summed E-state index contributed by atoms with van der Waals surface area (Å²) in [5, 5.41) is 0. The highest BCUT2D eigenvalue weighted by molar-refractivity contribution is 5.41. The summed E-state index contributed by atoms with van der Waals surface area (Å²) >= 11 is 0. The minimum absolute atomic E-state index is 0.492. The molecule has 0 saturated carbocycles. The van der Waals surface area contributed by atoms with Crippen LogP contribution in [0.3, 0.4) is 0 Å². The van der Waals surface area contributed by atoms with Crippen molar-refractivity contribution in [1.29, 1.82) is 0 Å². The van der Waals surface area contributed by atoms with E-state index in [-0.39, 0.29) is 0 Å². The first-order chi connectivity index (χ1) is 9.83. The highest BCUT2D eigenvalue weighted by Crippen LogP contribution is 2.29. The van der Waals surface area contributed by atoms with Gasteiger partial charge in [-0.3, -0.25) is 4.98 Å². The number of hydrogen-bond donors (Lipinski definition) is 1. The predicted molar refractivity (Wildman–Crippen MR) is 81.7 cm³/mol. The lowest BCUT2D eigenvalue weighted by Gasteiger charge is -2.21. The van der Waals surface area contributed by atoms with Crippen LogP contribution in [0.15, 0.2) is 42.7 Å². The van der Waals surface area contributed by atoms with E-state index in [0.29, 0.717) is 11.7 Å². The van der Waals surface area contributed by atoms with Crippen LogP contribution in [0, 0.1) is 0 Å². The van der Waals surface area contributed by atoms with Crippen LogP contribution in [0.4, 0.5) is 11.6 Å². The smallest absolute Gasteiger partial charge is 0.149 e. The average molecular weight is 268 g/mol. The van der Waals surface area contributed by atoms with Gasteiger partial charge in [-0.25, -0.2) is 4.98 Å². The number of anilines is 2. The highest BCUT2D eigenvalue weighted by Gasteiger charge is 2.19. The maximum atomic E-state index is 5.72. The molecule has 3 rings (SSSR count). The molecule has 2 N–H and O–H groups in total. The molecular weight excluding hydrogens is 248 g/mol. The Balaban J connectivity index is 1.71. The zero-order valence-electron chi connectivity index (χ0n) is 11.6. The Morgan fingerprint density at radius 1 is 1.05 bits per heavy atom. The van der Waals surface area contributed by atoms with E-state index >= 15 is 0 Å². The van der Waals surface area contributed by atoms with Crippen molar-refractivity contribution in [3.63, 3.8) is 0 Å². The van der Waals surface area contributed by atoms with Gasteiger partial charge >= 0.3 is 0 Å². The summed E-state index contributed by atoms with van der Waals surface area (Å²) < 4.78 is 0. The van der Waals surface area contributed by atoms with Crippen LogP contribution in [-0.4, -0.2) is 23.1 Å². The lowest BCUT2D eigenvalue weighted by atomic mass is 9.92. The molecule has 0 spiro atoms. The number of nitrogens with two attached hydrogens (primary N) is 1. The Morgan fingerprint density at radius 3 is 2.70 bits per heavy atom. The molecule has 4 heteroatoms. The molecule has 1 fully saturated rings. The fourth-order valence-electron chi connectivity index (χ4n) is 2.91. The third-order valence-electron chi connectivity index (χ3n) is 3.96. The summed E-state index contributed by atoms with van der Waals surface area (Å²) in [6, 6.07) is 10.8. The van der Waals surface area contributed by atoms with Crippen LogP contribution in [-0.2, 0) is 0 Å². The number of rotatable bonds is 2. The summed E-state index contributed by atoms with van der Waals surface area (Å²) in [6.07, 6.45) is 6.96. The minimum atomic E-state index is 0.492. The molecule has 2 aromatic rings. The summed E-state index contributed by atoms with van der Waals surface area (Å²) in [6.45, 7) is 2.04. The van der Waals surface area contributed by atoms with Gasteiger partial charge in [0.2, 0.25) is 0 Å². The Bertz CT molecular complexity index is 555. The van der Waals surface area contributed by atoms with E-state index in [2.05, 4.69) is 45.2 Å². The normalized spacial score (nSPS) is 19.6. The van der Waals surface area contributed by atoms with E-state index in [4.69, 9.17) is 5.73 Å². The number of benzene rings is 1. The fourth-order valence-corrected chi connectivity index (χ4v) is 2.91. The minimum Gasteiger partial charge on any atom is -0.382 e. The van der Waals surface area contributed by atoms with Gasteiger partial charge in [-0.05, 0) is 30.7 Å². The van der Waals surface area contributed by atoms with E-state index in [1.165, 1.54) is 18.4 Å². The average Bonchev–Trinajstić information content (AvgIpc) is 2.74. The third-order valence-corrected chi connectivity index (χ3v) is 3.96. The van der Waals surface area contributed by atoms with Crippen LogP contribution >= 0.6 is 0 Å². The SMILES string of the molecule is Nc1cncc(N2CCCC(c3ccccc3)CC2)n1.